The van der Waals surface area contributed by atoms with Gasteiger partial charge in [-0.15, -0.1) is 0 Å². The molecule has 0 radical (unpaired) electrons. The molecule has 0 unspecified atom stereocenters. The molecule has 2 aromatic carbocycles. The Bertz CT molecular complexity index is 636. The summed E-state index contributed by atoms with van der Waals surface area (Å²) >= 11 is 3.41. The molecule has 0 aromatic heterocycles. The molecule has 0 amide bonds. The van der Waals surface area contributed by atoms with E-state index < -0.39 is 0 Å². The van der Waals surface area contributed by atoms with E-state index in [0.29, 0.717) is 37.8 Å². The van der Waals surface area contributed by atoms with E-state index in [4.69, 9.17) is 19.3 Å². The molecular formula is C18H22BrNO4. The molecule has 130 valence electrons. The highest BCUT2D eigenvalue weighted by Gasteiger charge is 2.06. The van der Waals surface area contributed by atoms with Crippen molar-refractivity contribution >= 4 is 15.9 Å². The van der Waals surface area contributed by atoms with Crippen molar-refractivity contribution in [1.29, 1.82) is 0 Å². The molecule has 2 aromatic rings. The van der Waals surface area contributed by atoms with Gasteiger partial charge in [-0.05, 0) is 35.9 Å². The third-order valence-corrected chi connectivity index (χ3v) is 3.74. The number of aliphatic hydroxyl groups excluding tert-OH is 1. The third kappa shape index (κ3) is 6.03. The number of aliphatic hydroxyl groups is 1. The second kappa shape index (κ2) is 10.2. The Hall–Kier alpha value is -1.76. The Labute approximate surface area is 150 Å². The topological polar surface area (TPSA) is 60.0 Å². The van der Waals surface area contributed by atoms with Gasteiger partial charge in [0.15, 0.2) is 11.5 Å². The highest BCUT2D eigenvalue weighted by Crippen LogP contribution is 2.28. The quantitative estimate of drug-likeness (QED) is 0.605. The van der Waals surface area contributed by atoms with Crippen molar-refractivity contribution in [2.45, 2.75) is 6.54 Å². The number of halogens is 1. The summed E-state index contributed by atoms with van der Waals surface area (Å²) < 4.78 is 17.7. The molecule has 0 aliphatic carbocycles. The first-order chi connectivity index (χ1) is 11.7. The van der Waals surface area contributed by atoms with Gasteiger partial charge in [-0.25, -0.2) is 0 Å². The van der Waals surface area contributed by atoms with Crippen LogP contribution in [0.15, 0.2) is 46.9 Å². The first kappa shape index (κ1) is 18.6. The molecule has 2 rings (SSSR count). The van der Waals surface area contributed by atoms with Crippen LogP contribution in [0.4, 0.5) is 0 Å². The summed E-state index contributed by atoms with van der Waals surface area (Å²) in [5.74, 6) is 2.16. The van der Waals surface area contributed by atoms with E-state index in [2.05, 4.69) is 21.2 Å². The maximum absolute atomic E-state index is 8.79. The second-order valence-corrected chi connectivity index (χ2v) is 5.96. The zero-order valence-corrected chi connectivity index (χ0v) is 15.2. The largest absolute Gasteiger partial charge is 0.493 e. The Balaban J connectivity index is 1.83. The lowest BCUT2D eigenvalue weighted by atomic mass is 10.2. The fourth-order valence-electron chi connectivity index (χ4n) is 2.12. The van der Waals surface area contributed by atoms with Gasteiger partial charge >= 0.3 is 0 Å². The van der Waals surface area contributed by atoms with Gasteiger partial charge in [-0.1, -0.05) is 28.1 Å². The van der Waals surface area contributed by atoms with Crippen molar-refractivity contribution in [2.75, 3.05) is 33.5 Å². The molecule has 0 saturated heterocycles. The van der Waals surface area contributed by atoms with E-state index in [-0.39, 0.29) is 6.61 Å². The smallest absolute Gasteiger partial charge is 0.161 e. The SMILES string of the molecule is COc1cc(CNCCO)ccc1OCCOc1cccc(Br)c1. The van der Waals surface area contributed by atoms with Gasteiger partial charge in [0.05, 0.1) is 13.7 Å². The van der Waals surface area contributed by atoms with E-state index >= 15 is 0 Å². The number of hydrogen-bond donors (Lipinski definition) is 2. The van der Waals surface area contributed by atoms with Crippen LogP contribution in [-0.4, -0.2) is 38.6 Å². The molecule has 0 bridgehead atoms. The summed E-state index contributed by atoms with van der Waals surface area (Å²) in [6.07, 6.45) is 0. The van der Waals surface area contributed by atoms with Gasteiger partial charge in [0.25, 0.3) is 0 Å². The van der Waals surface area contributed by atoms with Crippen molar-refractivity contribution in [2.24, 2.45) is 0 Å². The maximum atomic E-state index is 8.79. The van der Waals surface area contributed by atoms with E-state index in [1.54, 1.807) is 7.11 Å². The van der Waals surface area contributed by atoms with Crippen molar-refractivity contribution in [1.82, 2.24) is 5.32 Å². The van der Waals surface area contributed by atoms with Gasteiger partial charge in [0.1, 0.15) is 19.0 Å². The lowest BCUT2D eigenvalue weighted by Gasteiger charge is -2.13. The summed E-state index contributed by atoms with van der Waals surface area (Å²) in [4.78, 5) is 0. The molecule has 0 saturated carbocycles. The second-order valence-electron chi connectivity index (χ2n) is 5.04. The number of methoxy groups -OCH3 is 1. The molecule has 2 N–H and O–H groups in total. The lowest BCUT2D eigenvalue weighted by Crippen LogP contribution is -2.17. The van der Waals surface area contributed by atoms with Gasteiger partial charge in [-0.3, -0.25) is 0 Å². The fraction of sp³-hybridized carbons (Fsp3) is 0.333. The van der Waals surface area contributed by atoms with Crippen LogP contribution in [0.3, 0.4) is 0 Å². The van der Waals surface area contributed by atoms with Crippen LogP contribution in [0.5, 0.6) is 17.2 Å². The molecule has 0 heterocycles. The number of hydrogen-bond acceptors (Lipinski definition) is 5. The highest BCUT2D eigenvalue weighted by molar-refractivity contribution is 9.10. The zero-order valence-electron chi connectivity index (χ0n) is 13.6. The lowest BCUT2D eigenvalue weighted by molar-refractivity contribution is 0.211. The Kier molecular flexibility index (Phi) is 7.88. The summed E-state index contributed by atoms with van der Waals surface area (Å²) in [5, 5.41) is 11.9. The number of rotatable bonds is 10. The fourth-order valence-corrected chi connectivity index (χ4v) is 2.50. The normalized spacial score (nSPS) is 10.5. The van der Waals surface area contributed by atoms with Crippen LogP contribution >= 0.6 is 15.9 Å². The van der Waals surface area contributed by atoms with Gasteiger partial charge in [0.2, 0.25) is 0 Å². The Morgan fingerprint density at radius 1 is 1.04 bits per heavy atom. The van der Waals surface area contributed by atoms with Crippen molar-refractivity contribution in [3.63, 3.8) is 0 Å². The summed E-state index contributed by atoms with van der Waals surface area (Å²) in [5.41, 5.74) is 1.07. The molecule has 0 spiro atoms. The van der Waals surface area contributed by atoms with E-state index in [9.17, 15) is 0 Å². The van der Waals surface area contributed by atoms with E-state index in [1.165, 1.54) is 0 Å². The highest BCUT2D eigenvalue weighted by atomic mass is 79.9. The van der Waals surface area contributed by atoms with Crippen molar-refractivity contribution in [3.05, 3.63) is 52.5 Å². The molecule has 0 atom stereocenters. The minimum absolute atomic E-state index is 0.121. The molecule has 0 aliphatic heterocycles. The van der Waals surface area contributed by atoms with Crippen molar-refractivity contribution in [3.8, 4) is 17.2 Å². The van der Waals surface area contributed by atoms with Gasteiger partial charge in [-0.2, -0.15) is 0 Å². The molecule has 6 heteroatoms. The predicted octanol–water partition coefficient (Wildman–Crippen LogP) is 3.00. The third-order valence-electron chi connectivity index (χ3n) is 3.25. The first-order valence-corrected chi connectivity index (χ1v) is 8.52. The average molecular weight is 396 g/mol. The predicted molar refractivity (Wildman–Crippen MR) is 96.9 cm³/mol. The summed E-state index contributed by atoms with van der Waals surface area (Å²) in [7, 11) is 1.62. The monoisotopic (exact) mass is 395 g/mol. The van der Waals surface area contributed by atoms with E-state index in [0.717, 1.165) is 15.8 Å². The minimum atomic E-state index is 0.121. The molecule has 24 heavy (non-hydrogen) atoms. The van der Waals surface area contributed by atoms with Crippen LogP contribution in [0.25, 0.3) is 0 Å². The van der Waals surface area contributed by atoms with Crippen LogP contribution in [0.2, 0.25) is 0 Å². The number of ether oxygens (including phenoxy) is 3. The summed E-state index contributed by atoms with van der Waals surface area (Å²) in [6, 6.07) is 13.5. The Morgan fingerprint density at radius 3 is 2.62 bits per heavy atom. The van der Waals surface area contributed by atoms with Crippen LogP contribution in [0, 0.1) is 0 Å². The maximum Gasteiger partial charge on any atom is 0.161 e. The summed E-state index contributed by atoms with van der Waals surface area (Å²) in [6.45, 7) is 2.22. The zero-order chi connectivity index (χ0) is 17.2. The molecule has 0 fully saturated rings. The standard InChI is InChI=1S/C18H22BrNO4/c1-22-18-11-14(13-20-7-8-21)5-6-17(18)24-10-9-23-16-4-2-3-15(19)12-16/h2-6,11-12,20-21H,7-10,13H2,1H3. The molecule has 5 nitrogen and oxygen atoms in total. The van der Waals surface area contributed by atoms with Crippen LogP contribution in [-0.2, 0) is 6.54 Å². The number of benzene rings is 2. The van der Waals surface area contributed by atoms with Gasteiger partial charge < -0.3 is 24.6 Å². The first-order valence-electron chi connectivity index (χ1n) is 7.72. The average Bonchev–Trinajstić information content (AvgIpc) is 2.59. The Morgan fingerprint density at radius 2 is 1.88 bits per heavy atom. The van der Waals surface area contributed by atoms with E-state index in [1.807, 2.05) is 42.5 Å². The van der Waals surface area contributed by atoms with Crippen molar-refractivity contribution < 1.29 is 19.3 Å². The molecular weight excluding hydrogens is 374 g/mol. The van der Waals surface area contributed by atoms with Crippen LogP contribution in [0.1, 0.15) is 5.56 Å². The number of nitrogens with one attached hydrogen (secondary N) is 1. The minimum Gasteiger partial charge on any atom is -0.493 e. The van der Waals surface area contributed by atoms with Gasteiger partial charge in [0, 0.05) is 17.6 Å². The van der Waals surface area contributed by atoms with Crippen LogP contribution < -0.4 is 19.5 Å². The molecule has 0 aliphatic rings.